The second-order valence-corrected chi connectivity index (χ2v) is 6.55. The highest BCUT2D eigenvalue weighted by Gasteiger charge is 2.26. The lowest BCUT2D eigenvalue weighted by atomic mass is 10.2. The molecule has 98 valence electrons. The average Bonchev–Trinajstić information content (AvgIpc) is 2.82. The van der Waals surface area contributed by atoms with Crippen molar-refractivity contribution in [2.45, 2.75) is 0 Å². The van der Waals surface area contributed by atoms with Crippen LogP contribution in [0.4, 0.5) is 0 Å². The Hall–Kier alpha value is -1.20. The van der Waals surface area contributed by atoms with E-state index in [0.717, 1.165) is 40.2 Å². The number of carbonyl (C=O) groups is 1. The van der Waals surface area contributed by atoms with Crippen molar-refractivity contribution in [2.75, 3.05) is 24.6 Å². The lowest BCUT2D eigenvalue weighted by Crippen LogP contribution is -2.35. The van der Waals surface area contributed by atoms with E-state index < -0.39 is 0 Å². The van der Waals surface area contributed by atoms with E-state index in [2.05, 4.69) is 9.89 Å². The van der Waals surface area contributed by atoms with Gasteiger partial charge in [0.15, 0.2) is 5.17 Å². The monoisotopic (exact) mass is 290 g/mol. The van der Waals surface area contributed by atoms with Gasteiger partial charge in [-0.2, -0.15) is 16.8 Å². The summed E-state index contributed by atoms with van der Waals surface area (Å²) in [6, 6.07) is 9.91. The standard InChI is InChI=1S/C14H14N2OS2/c17-13-12(10-11-4-2-1-3-5-11)19-14(15-13)16-6-8-18-9-7-16/h1-5,10H,6-9H2. The van der Waals surface area contributed by atoms with Gasteiger partial charge in [-0.05, 0) is 23.4 Å². The molecular formula is C14H14N2OS2. The quantitative estimate of drug-likeness (QED) is 0.745. The van der Waals surface area contributed by atoms with E-state index in [4.69, 9.17) is 0 Å². The van der Waals surface area contributed by atoms with Gasteiger partial charge in [-0.25, -0.2) is 0 Å². The Kier molecular flexibility index (Phi) is 3.94. The van der Waals surface area contributed by atoms with Crippen LogP contribution in [0.25, 0.3) is 6.08 Å². The highest BCUT2D eigenvalue weighted by atomic mass is 32.2. The molecule has 1 aromatic rings. The third kappa shape index (κ3) is 3.04. The van der Waals surface area contributed by atoms with Crippen LogP contribution >= 0.6 is 23.5 Å². The van der Waals surface area contributed by atoms with Gasteiger partial charge in [0.05, 0.1) is 4.91 Å². The Balaban J connectivity index is 1.74. The molecule has 0 bridgehead atoms. The van der Waals surface area contributed by atoms with Crippen LogP contribution < -0.4 is 0 Å². The van der Waals surface area contributed by atoms with Gasteiger partial charge in [-0.3, -0.25) is 4.79 Å². The van der Waals surface area contributed by atoms with Crippen LogP contribution in [-0.2, 0) is 4.79 Å². The van der Waals surface area contributed by atoms with Gasteiger partial charge < -0.3 is 4.90 Å². The Labute approximate surface area is 121 Å². The lowest BCUT2D eigenvalue weighted by Gasteiger charge is -2.26. The first-order valence-electron chi connectivity index (χ1n) is 6.23. The van der Waals surface area contributed by atoms with Crippen LogP contribution in [0.5, 0.6) is 0 Å². The zero-order chi connectivity index (χ0) is 13.1. The molecule has 2 heterocycles. The fourth-order valence-corrected chi connectivity index (χ4v) is 3.86. The molecule has 0 aromatic heterocycles. The molecule has 0 atom stereocenters. The molecule has 1 amide bonds. The molecule has 0 unspecified atom stereocenters. The van der Waals surface area contributed by atoms with Gasteiger partial charge in [0.1, 0.15) is 0 Å². The summed E-state index contributed by atoms with van der Waals surface area (Å²) in [5.74, 6) is 2.12. The van der Waals surface area contributed by atoms with Crippen molar-refractivity contribution in [3.05, 3.63) is 40.8 Å². The lowest BCUT2D eigenvalue weighted by molar-refractivity contribution is -0.113. The van der Waals surface area contributed by atoms with Crippen LogP contribution in [0.1, 0.15) is 5.56 Å². The van der Waals surface area contributed by atoms with Gasteiger partial charge in [-0.1, -0.05) is 30.3 Å². The summed E-state index contributed by atoms with van der Waals surface area (Å²) in [4.78, 5) is 19.0. The van der Waals surface area contributed by atoms with Gasteiger partial charge in [0.25, 0.3) is 5.91 Å². The molecule has 0 aliphatic carbocycles. The summed E-state index contributed by atoms with van der Waals surface area (Å²) >= 11 is 3.45. The number of amidine groups is 1. The molecule has 2 aliphatic heterocycles. The molecule has 2 aliphatic rings. The van der Waals surface area contributed by atoms with E-state index >= 15 is 0 Å². The maximum atomic E-state index is 11.9. The minimum absolute atomic E-state index is 0.109. The van der Waals surface area contributed by atoms with E-state index in [-0.39, 0.29) is 5.91 Å². The number of benzene rings is 1. The Bertz CT molecular complexity index is 534. The molecule has 0 saturated carbocycles. The first-order valence-corrected chi connectivity index (χ1v) is 8.20. The molecular weight excluding hydrogens is 276 g/mol. The zero-order valence-corrected chi connectivity index (χ0v) is 12.0. The first-order chi connectivity index (χ1) is 9.33. The predicted octanol–water partition coefficient (Wildman–Crippen LogP) is 2.71. The number of hydrogen-bond acceptors (Lipinski definition) is 4. The molecule has 1 aromatic carbocycles. The Morgan fingerprint density at radius 2 is 1.89 bits per heavy atom. The van der Waals surface area contributed by atoms with E-state index in [0.29, 0.717) is 0 Å². The second-order valence-electron chi connectivity index (χ2n) is 4.32. The minimum atomic E-state index is -0.109. The maximum absolute atomic E-state index is 11.9. The molecule has 3 nitrogen and oxygen atoms in total. The van der Waals surface area contributed by atoms with Crippen LogP contribution in [0.3, 0.4) is 0 Å². The van der Waals surface area contributed by atoms with E-state index in [1.54, 1.807) is 0 Å². The molecule has 1 fully saturated rings. The molecule has 19 heavy (non-hydrogen) atoms. The number of thioether (sulfide) groups is 2. The number of rotatable bonds is 1. The Morgan fingerprint density at radius 3 is 2.63 bits per heavy atom. The predicted molar refractivity (Wildman–Crippen MR) is 83.4 cm³/mol. The molecule has 0 radical (unpaired) electrons. The summed E-state index contributed by atoms with van der Waals surface area (Å²) < 4.78 is 0. The van der Waals surface area contributed by atoms with Crippen molar-refractivity contribution in [2.24, 2.45) is 4.99 Å². The van der Waals surface area contributed by atoms with Crippen LogP contribution in [0.15, 0.2) is 40.2 Å². The van der Waals surface area contributed by atoms with E-state index in [1.165, 1.54) is 11.8 Å². The summed E-state index contributed by atoms with van der Waals surface area (Å²) in [7, 11) is 0. The summed E-state index contributed by atoms with van der Waals surface area (Å²) in [6.07, 6.45) is 1.92. The minimum Gasteiger partial charge on any atom is -0.349 e. The summed E-state index contributed by atoms with van der Waals surface area (Å²) in [5.41, 5.74) is 1.05. The third-order valence-electron chi connectivity index (χ3n) is 2.99. The normalized spacial score (nSPS) is 21.9. The highest BCUT2D eigenvalue weighted by Crippen LogP contribution is 2.31. The number of nitrogens with zero attached hydrogens (tertiary/aromatic N) is 2. The largest absolute Gasteiger partial charge is 0.349 e. The smallest absolute Gasteiger partial charge is 0.286 e. The van der Waals surface area contributed by atoms with Gasteiger partial charge >= 0.3 is 0 Å². The fraction of sp³-hybridized carbons (Fsp3) is 0.286. The van der Waals surface area contributed by atoms with Crippen molar-refractivity contribution in [3.8, 4) is 0 Å². The number of carbonyl (C=O) groups excluding carboxylic acids is 1. The van der Waals surface area contributed by atoms with Crippen LogP contribution in [0.2, 0.25) is 0 Å². The van der Waals surface area contributed by atoms with Gasteiger partial charge in [0, 0.05) is 24.6 Å². The fourth-order valence-electron chi connectivity index (χ4n) is 1.99. The van der Waals surface area contributed by atoms with Crippen molar-refractivity contribution < 1.29 is 4.79 Å². The van der Waals surface area contributed by atoms with E-state index in [1.807, 2.05) is 48.2 Å². The molecule has 0 spiro atoms. The van der Waals surface area contributed by atoms with Crippen molar-refractivity contribution in [3.63, 3.8) is 0 Å². The molecule has 1 saturated heterocycles. The third-order valence-corrected chi connectivity index (χ3v) is 4.98. The number of amides is 1. The first kappa shape index (κ1) is 12.8. The SMILES string of the molecule is O=C1N=C(N2CCSCC2)SC1=Cc1ccccc1. The summed E-state index contributed by atoms with van der Waals surface area (Å²) in [6.45, 7) is 1.98. The Morgan fingerprint density at radius 1 is 1.16 bits per heavy atom. The van der Waals surface area contributed by atoms with Crippen molar-refractivity contribution in [1.29, 1.82) is 0 Å². The average molecular weight is 290 g/mol. The van der Waals surface area contributed by atoms with Gasteiger partial charge in [-0.15, -0.1) is 0 Å². The zero-order valence-electron chi connectivity index (χ0n) is 10.4. The topological polar surface area (TPSA) is 32.7 Å². The van der Waals surface area contributed by atoms with Crippen LogP contribution in [-0.4, -0.2) is 40.6 Å². The van der Waals surface area contributed by atoms with E-state index in [9.17, 15) is 4.79 Å². The molecule has 3 rings (SSSR count). The number of hydrogen-bond donors (Lipinski definition) is 0. The maximum Gasteiger partial charge on any atom is 0.286 e. The van der Waals surface area contributed by atoms with Crippen molar-refractivity contribution >= 4 is 40.7 Å². The molecule has 0 N–H and O–H groups in total. The van der Waals surface area contributed by atoms with Gasteiger partial charge in [0.2, 0.25) is 0 Å². The van der Waals surface area contributed by atoms with Crippen molar-refractivity contribution in [1.82, 2.24) is 4.90 Å². The molecule has 5 heteroatoms. The number of aliphatic imine (C=N–C) groups is 1. The summed E-state index contributed by atoms with van der Waals surface area (Å²) in [5, 5.41) is 0.868. The second kappa shape index (κ2) is 5.84. The van der Waals surface area contributed by atoms with Crippen LogP contribution in [0, 0.1) is 0 Å². The highest BCUT2D eigenvalue weighted by molar-refractivity contribution is 8.18.